The van der Waals surface area contributed by atoms with Crippen molar-refractivity contribution in [3.63, 3.8) is 0 Å². The fraction of sp³-hybridized carbons (Fsp3) is 0.807. The molecule has 14 heteroatoms. The summed E-state index contributed by atoms with van der Waals surface area (Å²) in [5, 5.41) is 86.1. The molecule has 0 bridgehead atoms. The number of ether oxygens (including phenoxy) is 4. The van der Waals surface area contributed by atoms with Crippen molar-refractivity contribution in [3.8, 4) is 0 Å². The van der Waals surface area contributed by atoms with Crippen molar-refractivity contribution in [2.24, 2.45) is 0 Å². The molecular formula is C57H101NO13. The van der Waals surface area contributed by atoms with Gasteiger partial charge in [-0.05, 0) is 51.4 Å². The molecule has 2 saturated heterocycles. The highest BCUT2D eigenvalue weighted by atomic mass is 16.7. The van der Waals surface area contributed by atoms with Crippen LogP contribution in [0.2, 0.25) is 0 Å². The van der Waals surface area contributed by atoms with Crippen LogP contribution in [-0.2, 0) is 23.7 Å². The summed E-state index contributed by atoms with van der Waals surface area (Å²) < 4.78 is 22.5. The number of allylic oxidation sites excluding steroid dienone is 9. The van der Waals surface area contributed by atoms with E-state index in [0.717, 1.165) is 64.2 Å². The average molecular weight is 1010 g/mol. The fourth-order valence-electron chi connectivity index (χ4n) is 8.92. The minimum Gasteiger partial charge on any atom is -0.394 e. The lowest BCUT2D eigenvalue weighted by molar-refractivity contribution is -0.359. The molecule has 2 heterocycles. The van der Waals surface area contributed by atoms with Gasteiger partial charge in [-0.15, -0.1) is 0 Å². The van der Waals surface area contributed by atoms with Crippen LogP contribution in [0.1, 0.15) is 200 Å². The molecule has 0 spiro atoms. The van der Waals surface area contributed by atoms with Crippen molar-refractivity contribution in [3.05, 3.63) is 60.8 Å². The maximum absolute atomic E-state index is 13.1. The molecule has 9 N–H and O–H groups in total. The highest BCUT2D eigenvalue weighted by Gasteiger charge is 2.51. The van der Waals surface area contributed by atoms with E-state index in [1.54, 1.807) is 6.08 Å². The summed E-state index contributed by atoms with van der Waals surface area (Å²) in [6.07, 6.45) is 38.1. The van der Waals surface area contributed by atoms with Crippen molar-refractivity contribution in [1.82, 2.24) is 5.32 Å². The molecule has 2 fully saturated rings. The number of unbranched alkanes of at least 4 members (excludes halogenated alkanes) is 22. The number of aliphatic hydroxyl groups excluding tert-OH is 8. The van der Waals surface area contributed by atoms with Crippen molar-refractivity contribution in [2.45, 2.75) is 274 Å². The summed E-state index contributed by atoms with van der Waals surface area (Å²) in [4.78, 5) is 13.1. The van der Waals surface area contributed by atoms with Crippen LogP contribution in [0.4, 0.5) is 0 Å². The Morgan fingerprint density at radius 2 is 0.972 bits per heavy atom. The van der Waals surface area contributed by atoms with E-state index in [1.165, 1.54) is 109 Å². The Morgan fingerprint density at radius 3 is 1.48 bits per heavy atom. The lowest BCUT2D eigenvalue weighted by atomic mass is 9.97. The molecule has 14 nitrogen and oxygen atoms in total. The first-order chi connectivity index (χ1) is 34.6. The predicted octanol–water partition coefficient (Wildman–Crippen LogP) is 8.61. The minimum absolute atomic E-state index is 0.249. The van der Waals surface area contributed by atoms with Crippen molar-refractivity contribution in [1.29, 1.82) is 0 Å². The lowest BCUT2D eigenvalue weighted by Crippen LogP contribution is -2.65. The van der Waals surface area contributed by atoms with Gasteiger partial charge in [0.2, 0.25) is 5.91 Å². The maximum Gasteiger partial charge on any atom is 0.220 e. The molecule has 2 rings (SSSR count). The molecule has 0 saturated carbocycles. The van der Waals surface area contributed by atoms with Gasteiger partial charge in [0.1, 0.15) is 48.8 Å². The Labute approximate surface area is 428 Å². The van der Waals surface area contributed by atoms with Gasteiger partial charge in [0.15, 0.2) is 12.6 Å². The van der Waals surface area contributed by atoms with Gasteiger partial charge in [-0.1, -0.05) is 203 Å². The zero-order valence-corrected chi connectivity index (χ0v) is 43.9. The number of hydrogen-bond acceptors (Lipinski definition) is 13. The third-order valence-corrected chi connectivity index (χ3v) is 13.5. The third kappa shape index (κ3) is 29.4. The van der Waals surface area contributed by atoms with E-state index >= 15 is 0 Å². The monoisotopic (exact) mass is 1010 g/mol. The predicted molar refractivity (Wildman–Crippen MR) is 281 cm³/mol. The Balaban J connectivity index is 1.52. The van der Waals surface area contributed by atoms with E-state index in [4.69, 9.17) is 18.9 Å². The quantitative estimate of drug-likeness (QED) is 0.0206. The highest BCUT2D eigenvalue weighted by molar-refractivity contribution is 5.76. The van der Waals surface area contributed by atoms with E-state index in [2.05, 4.69) is 67.8 Å². The minimum atomic E-state index is -1.79. The molecule has 0 radical (unpaired) electrons. The molecular weight excluding hydrogens is 907 g/mol. The molecule has 2 aliphatic rings. The Morgan fingerprint density at radius 1 is 0.521 bits per heavy atom. The SMILES string of the molecule is CC/C=C\C/C=C\C/C=C\C/C=C\CCCCCCCCCCCCCCCCCCCCCCC(=O)NC(COC1OC(CO)C(OC2OC(CO)C(O)C(O)C2O)C(O)C1O)C(O)/C=C/CCCC. The molecule has 71 heavy (non-hydrogen) atoms. The van der Waals surface area contributed by atoms with Crippen LogP contribution in [0.3, 0.4) is 0 Å². The standard InChI is InChI=1S/C57H101NO13/c1-3-5-7-9-10-11-12-13-14-15-16-17-18-19-20-21-22-23-24-25-26-27-28-29-30-31-32-33-34-35-36-37-39-41-49(62)58-45(46(61)40-38-8-6-4-2)44-68-56-54(67)52(65)55(48(43-60)70-56)71-57-53(66)51(64)50(63)47(42-59)69-57/h5,7,10-11,13-14,16-17,38,40,45-48,50-57,59-61,63-67H,3-4,6,8-9,12,15,18-37,39,41-44H2,1-2H3,(H,58,62)/b7-5-,11-10-,14-13-,17-16-,40-38+. The Kier molecular flexibility index (Phi) is 39.2. The molecule has 2 aliphatic heterocycles. The van der Waals surface area contributed by atoms with Crippen molar-refractivity contribution >= 4 is 5.91 Å². The molecule has 1 amide bonds. The maximum atomic E-state index is 13.1. The van der Waals surface area contributed by atoms with Crippen molar-refractivity contribution < 1.29 is 64.6 Å². The first kappa shape index (κ1) is 64.8. The first-order valence-corrected chi connectivity index (χ1v) is 28.0. The topological polar surface area (TPSA) is 228 Å². The second kappa shape index (κ2) is 43.0. The molecule has 12 unspecified atom stereocenters. The summed E-state index contributed by atoms with van der Waals surface area (Å²) >= 11 is 0. The number of amides is 1. The zero-order chi connectivity index (χ0) is 51.7. The van der Waals surface area contributed by atoms with Gasteiger partial charge in [0, 0.05) is 6.42 Å². The number of nitrogens with one attached hydrogen (secondary N) is 1. The molecule has 0 aromatic carbocycles. The Bertz CT molecular complexity index is 1420. The van der Waals surface area contributed by atoms with E-state index in [-0.39, 0.29) is 18.9 Å². The number of hydrogen-bond donors (Lipinski definition) is 9. The largest absolute Gasteiger partial charge is 0.394 e. The van der Waals surface area contributed by atoms with Gasteiger partial charge in [0.25, 0.3) is 0 Å². The number of aliphatic hydroxyl groups is 8. The van der Waals surface area contributed by atoms with Crippen LogP contribution in [0.15, 0.2) is 60.8 Å². The second-order valence-electron chi connectivity index (χ2n) is 19.7. The molecule has 0 aromatic rings. The lowest BCUT2D eigenvalue weighted by Gasteiger charge is -2.46. The second-order valence-corrected chi connectivity index (χ2v) is 19.7. The Hall–Kier alpha value is -2.31. The molecule has 0 aromatic heterocycles. The summed E-state index contributed by atoms with van der Waals surface area (Å²) in [7, 11) is 0. The summed E-state index contributed by atoms with van der Waals surface area (Å²) in [5.74, 6) is -0.249. The normalized spacial score (nSPS) is 26.2. The summed E-state index contributed by atoms with van der Waals surface area (Å²) in [6.45, 7) is 2.51. The summed E-state index contributed by atoms with van der Waals surface area (Å²) in [5.41, 5.74) is 0. The van der Waals surface area contributed by atoms with E-state index < -0.39 is 86.8 Å². The highest BCUT2D eigenvalue weighted by Crippen LogP contribution is 2.30. The van der Waals surface area contributed by atoms with Gasteiger partial charge in [-0.2, -0.15) is 0 Å². The molecule has 12 atom stereocenters. The molecule has 412 valence electrons. The summed E-state index contributed by atoms with van der Waals surface area (Å²) in [6, 6.07) is -0.910. The van der Waals surface area contributed by atoms with Gasteiger partial charge in [0.05, 0.1) is 32.0 Å². The van der Waals surface area contributed by atoms with Crippen LogP contribution in [0.5, 0.6) is 0 Å². The molecule has 0 aliphatic carbocycles. The number of rotatable bonds is 43. The van der Waals surface area contributed by atoms with Gasteiger partial charge in [-0.25, -0.2) is 0 Å². The van der Waals surface area contributed by atoms with Crippen LogP contribution >= 0.6 is 0 Å². The van der Waals surface area contributed by atoms with E-state index in [0.29, 0.717) is 6.42 Å². The van der Waals surface area contributed by atoms with Crippen LogP contribution < -0.4 is 5.32 Å². The third-order valence-electron chi connectivity index (χ3n) is 13.5. The van der Waals surface area contributed by atoms with Gasteiger partial charge in [-0.3, -0.25) is 4.79 Å². The van der Waals surface area contributed by atoms with Crippen LogP contribution in [0, 0.1) is 0 Å². The van der Waals surface area contributed by atoms with E-state index in [9.17, 15) is 45.6 Å². The number of carbonyl (C=O) groups excluding carboxylic acids is 1. The van der Waals surface area contributed by atoms with E-state index in [1.807, 2.05) is 6.08 Å². The fourth-order valence-corrected chi connectivity index (χ4v) is 8.92. The van der Waals surface area contributed by atoms with Crippen LogP contribution in [-0.4, -0.2) is 140 Å². The number of carbonyl (C=O) groups is 1. The smallest absolute Gasteiger partial charge is 0.220 e. The van der Waals surface area contributed by atoms with Gasteiger partial charge < -0.3 is 65.1 Å². The van der Waals surface area contributed by atoms with Crippen LogP contribution in [0.25, 0.3) is 0 Å². The van der Waals surface area contributed by atoms with Crippen molar-refractivity contribution in [2.75, 3.05) is 19.8 Å². The first-order valence-electron chi connectivity index (χ1n) is 28.0. The zero-order valence-electron chi connectivity index (χ0n) is 43.9. The van der Waals surface area contributed by atoms with Gasteiger partial charge >= 0.3 is 0 Å². The average Bonchev–Trinajstić information content (AvgIpc) is 3.37.